The molecule has 0 aliphatic heterocycles. The Kier molecular flexibility index (Phi) is 10.6. The Bertz CT molecular complexity index is 594. The maximum atomic E-state index is 8.49. The fourth-order valence-electron chi connectivity index (χ4n) is 4.20. The zero-order valence-corrected chi connectivity index (χ0v) is 17.2. The van der Waals surface area contributed by atoms with Crippen molar-refractivity contribution in [1.82, 2.24) is 0 Å². The smallest absolute Gasteiger partial charge is 0.0912 e. The highest BCUT2D eigenvalue weighted by molar-refractivity contribution is 5.22. The van der Waals surface area contributed by atoms with Crippen LogP contribution in [0.15, 0.2) is 48.6 Å². The average Bonchev–Trinajstić information content (AvgIpc) is 2.71. The molecule has 1 aromatic carbocycles. The molecule has 0 amide bonds. The molecule has 1 aromatic rings. The molecule has 0 spiro atoms. The lowest BCUT2D eigenvalue weighted by Gasteiger charge is -2.26. The predicted octanol–water partition coefficient (Wildman–Crippen LogP) is 7.57. The van der Waals surface area contributed by atoms with Gasteiger partial charge in [0.2, 0.25) is 0 Å². The summed E-state index contributed by atoms with van der Waals surface area (Å²) in [6, 6.07) is 11.4. The molecule has 0 unspecified atom stereocenters. The minimum Gasteiger partial charge on any atom is -0.193 e. The number of hydrogen-bond donors (Lipinski definition) is 0. The van der Waals surface area contributed by atoms with Crippen molar-refractivity contribution >= 4 is 0 Å². The van der Waals surface area contributed by atoms with Crippen molar-refractivity contribution < 1.29 is 0 Å². The van der Waals surface area contributed by atoms with Crippen LogP contribution in [0.5, 0.6) is 0 Å². The SMILES string of the molecule is CCCCCc1ccc(CCCCC2CCC(C=CC=CC#N)CC2)cc1. The zero-order chi connectivity index (χ0) is 19.2. The molecule has 0 bridgehead atoms. The highest BCUT2D eigenvalue weighted by atomic mass is 14.2. The van der Waals surface area contributed by atoms with Gasteiger partial charge < -0.3 is 0 Å². The summed E-state index contributed by atoms with van der Waals surface area (Å²) >= 11 is 0. The summed E-state index contributed by atoms with van der Waals surface area (Å²) in [5.74, 6) is 1.66. The monoisotopic (exact) mass is 363 g/mol. The molecule has 1 aliphatic carbocycles. The lowest BCUT2D eigenvalue weighted by atomic mass is 9.79. The molecule has 0 heterocycles. The van der Waals surface area contributed by atoms with Crippen LogP contribution in [0.1, 0.15) is 82.3 Å². The highest BCUT2D eigenvalue weighted by Gasteiger charge is 2.18. The van der Waals surface area contributed by atoms with E-state index < -0.39 is 0 Å². The Morgan fingerprint density at radius 3 is 2.11 bits per heavy atom. The van der Waals surface area contributed by atoms with E-state index in [1.165, 1.54) is 88.2 Å². The Hall–Kier alpha value is -1.81. The topological polar surface area (TPSA) is 23.8 Å². The van der Waals surface area contributed by atoms with Crippen LogP contribution in [0.25, 0.3) is 0 Å². The molecular weight excluding hydrogens is 326 g/mol. The van der Waals surface area contributed by atoms with Crippen LogP contribution in [0.3, 0.4) is 0 Å². The highest BCUT2D eigenvalue weighted by Crippen LogP contribution is 2.32. The van der Waals surface area contributed by atoms with Crippen molar-refractivity contribution in [2.75, 3.05) is 0 Å². The number of rotatable bonds is 11. The van der Waals surface area contributed by atoms with Gasteiger partial charge >= 0.3 is 0 Å². The Labute approximate surface area is 167 Å². The van der Waals surface area contributed by atoms with Crippen LogP contribution < -0.4 is 0 Å². The van der Waals surface area contributed by atoms with Crippen molar-refractivity contribution in [3.05, 3.63) is 59.7 Å². The first-order valence-electron chi connectivity index (χ1n) is 11.1. The average molecular weight is 364 g/mol. The van der Waals surface area contributed by atoms with Crippen molar-refractivity contribution in [3.63, 3.8) is 0 Å². The van der Waals surface area contributed by atoms with Crippen molar-refractivity contribution in [1.29, 1.82) is 5.26 Å². The van der Waals surface area contributed by atoms with Crippen LogP contribution in [0.4, 0.5) is 0 Å². The molecule has 146 valence electrons. The van der Waals surface area contributed by atoms with Gasteiger partial charge in [-0.05, 0) is 74.3 Å². The Morgan fingerprint density at radius 2 is 1.52 bits per heavy atom. The van der Waals surface area contributed by atoms with Gasteiger partial charge in [-0.15, -0.1) is 0 Å². The van der Waals surface area contributed by atoms with E-state index in [4.69, 9.17) is 5.26 Å². The molecule has 1 heteroatoms. The molecule has 0 atom stereocenters. The summed E-state index contributed by atoms with van der Waals surface area (Å²) in [6.07, 6.45) is 23.7. The lowest BCUT2D eigenvalue weighted by molar-refractivity contribution is 0.289. The van der Waals surface area contributed by atoms with E-state index in [0.717, 1.165) is 11.8 Å². The lowest BCUT2D eigenvalue weighted by Crippen LogP contribution is -2.13. The normalized spacial score (nSPS) is 20.3. The first-order chi connectivity index (χ1) is 13.3. The van der Waals surface area contributed by atoms with Crippen molar-refractivity contribution in [3.8, 4) is 6.07 Å². The molecule has 1 saturated carbocycles. The maximum Gasteiger partial charge on any atom is 0.0912 e. The van der Waals surface area contributed by atoms with Crippen LogP contribution in [-0.4, -0.2) is 0 Å². The quantitative estimate of drug-likeness (QED) is 0.226. The fraction of sp³-hybridized carbons (Fsp3) is 0.577. The zero-order valence-electron chi connectivity index (χ0n) is 17.2. The third kappa shape index (κ3) is 9.09. The van der Waals surface area contributed by atoms with E-state index in [9.17, 15) is 0 Å². The first-order valence-corrected chi connectivity index (χ1v) is 11.1. The summed E-state index contributed by atoms with van der Waals surface area (Å²) < 4.78 is 0. The third-order valence-electron chi connectivity index (χ3n) is 5.98. The molecule has 0 saturated heterocycles. The molecule has 2 rings (SSSR count). The maximum absolute atomic E-state index is 8.49. The number of benzene rings is 1. The van der Waals surface area contributed by atoms with Gasteiger partial charge in [-0.2, -0.15) is 5.26 Å². The predicted molar refractivity (Wildman–Crippen MR) is 117 cm³/mol. The summed E-state index contributed by atoms with van der Waals surface area (Å²) in [5, 5.41) is 8.49. The van der Waals surface area contributed by atoms with E-state index in [1.807, 2.05) is 18.2 Å². The van der Waals surface area contributed by atoms with Crippen LogP contribution in [0.2, 0.25) is 0 Å². The molecule has 1 nitrogen and oxygen atoms in total. The molecule has 1 aliphatic rings. The number of allylic oxidation sites excluding steroid dienone is 4. The number of nitrogens with zero attached hydrogens (tertiary/aromatic N) is 1. The van der Waals surface area contributed by atoms with Crippen LogP contribution >= 0.6 is 0 Å². The molecule has 27 heavy (non-hydrogen) atoms. The summed E-state index contributed by atoms with van der Waals surface area (Å²) in [7, 11) is 0. The van der Waals surface area contributed by atoms with Gasteiger partial charge in [0.15, 0.2) is 0 Å². The second-order valence-electron chi connectivity index (χ2n) is 8.17. The fourth-order valence-corrected chi connectivity index (χ4v) is 4.20. The van der Waals surface area contributed by atoms with Gasteiger partial charge in [-0.25, -0.2) is 0 Å². The van der Waals surface area contributed by atoms with Crippen molar-refractivity contribution in [2.24, 2.45) is 11.8 Å². The molecular formula is C26H37N. The van der Waals surface area contributed by atoms with E-state index in [1.54, 1.807) is 6.08 Å². The van der Waals surface area contributed by atoms with Crippen molar-refractivity contribution in [2.45, 2.75) is 84.0 Å². The summed E-state index contributed by atoms with van der Waals surface area (Å²) in [4.78, 5) is 0. The first kappa shape index (κ1) is 21.5. The number of unbranched alkanes of at least 4 members (excludes halogenated alkanes) is 3. The third-order valence-corrected chi connectivity index (χ3v) is 5.98. The Balaban J connectivity index is 1.56. The van der Waals surface area contributed by atoms with Gasteiger partial charge in [-0.1, -0.05) is 75.1 Å². The molecule has 0 N–H and O–H groups in total. The van der Waals surface area contributed by atoms with E-state index in [-0.39, 0.29) is 0 Å². The molecule has 0 aromatic heterocycles. The minimum absolute atomic E-state index is 0.723. The number of hydrogen-bond acceptors (Lipinski definition) is 1. The summed E-state index contributed by atoms with van der Waals surface area (Å²) in [5.41, 5.74) is 3.01. The van der Waals surface area contributed by atoms with Gasteiger partial charge in [0, 0.05) is 6.08 Å². The van der Waals surface area contributed by atoms with Gasteiger partial charge in [0.05, 0.1) is 6.07 Å². The molecule has 1 fully saturated rings. The molecule has 0 radical (unpaired) electrons. The van der Waals surface area contributed by atoms with Gasteiger partial charge in [0.25, 0.3) is 0 Å². The largest absolute Gasteiger partial charge is 0.193 e. The standard InChI is InChI=1S/C26H37N/c1-2-3-5-10-23-14-18-25(19-15-23)12-7-8-13-26-20-16-24(17-21-26)11-6-4-9-22-27/h4,6,9,11,14-15,18-19,24,26H,2-3,5,7-8,10,12-13,16-17,20-21H2,1H3. The second-order valence-corrected chi connectivity index (χ2v) is 8.17. The number of aryl methyl sites for hydroxylation is 2. The second kappa shape index (κ2) is 13.4. The van der Waals surface area contributed by atoms with Crippen LogP contribution in [0, 0.1) is 23.2 Å². The minimum atomic E-state index is 0.723. The van der Waals surface area contributed by atoms with Gasteiger partial charge in [-0.3, -0.25) is 0 Å². The van der Waals surface area contributed by atoms with E-state index in [0.29, 0.717) is 0 Å². The van der Waals surface area contributed by atoms with E-state index >= 15 is 0 Å². The summed E-state index contributed by atoms with van der Waals surface area (Å²) in [6.45, 7) is 2.27. The van der Waals surface area contributed by atoms with E-state index in [2.05, 4.69) is 37.3 Å². The Morgan fingerprint density at radius 1 is 0.889 bits per heavy atom. The van der Waals surface area contributed by atoms with Crippen LogP contribution in [-0.2, 0) is 12.8 Å². The number of nitriles is 1. The van der Waals surface area contributed by atoms with Gasteiger partial charge in [0.1, 0.15) is 0 Å².